The Hall–Kier alpha value is -3.02. The second-order valence-corrected chi connectivity index (χ2v) is 7.88. The number of hydrogen-bond donors (Lipinski definition) is 2. The van der Waals surface area contributed by atoms with Crippen LogP contribution in [0.4, 0.5) is 11.4 Å². The molecule has 0 heterocycles. The summed E-state index contributed by atoms with van der Waals surface area (Å²) in [7, 11) is 0. The summed E-state index contributed by atoms with van der Waals surface area (Å²) in [4.78, 5) is 22.5. The highest BCUT2D eigenvalue weighted by molar-refractivity contribution is 5.90. The van der Waals surface area contributed by atoms with Crippen LogP contribution < -0.4 is 20.1 Å². The standard InChI is InChI=1S/C26H36N2O4/c1-21(29)27-23-15-9-11-17-25(23)31-19-13-7-5-3-4-6-8-14-20-32-26-18-12-10-16-24(26)28-22(2)30/h9-12,15-18H,3-8,13-14,19-20H2,1-2H3,(H,27,29)(H,28,30). The molecule has 0 atom stereocenters. The normalized spacial score (nSPS) is 10.4. The highest BCUT2D eigenvalue weighted by Crippen LogP contribution is 2.25. The average molecular weight is 441 g/mol. The molecule has 0 radical (unpaired) electrons. The van der Waals surface area contributed by atoms with Gasteiger partial charge in [-0.05, 0) is 37.1 Å². The molecule has 6 heteroatoms. The summed E-state index contributed by atoms with van der Waals surface area (Å²) >= 11 is 0. The molecule has 0 unspecified atom stereocenters. The molecular weight excluding hydrogens is 404 g/mol. The number of anilines is 2. The second kappa shape index (κ2) is 14.9. The Kier molecular flexibility index (Phi) is 11.7. The summed E-state index contributed by atoms with van der Waals surface area (Å²) in [6, 6.07) is 15.1. The van der Waals surface area contributed by atoms with Gasteiger partial charge in [0.1, 0.15) is 11.5 Å². The molecule has 2 aromatic rings. The molecule has 0 spiro atoms. The van der Waals surface area contributed by atoms with Gasteiger partial charge in [-0.25, -0.2) is 0 Å². The highest BCUT2D eigenvalue weighted by atomic mass is 16.5. The smallest absolute Gasteiger partial charge is 0.221 e. The fraction of sp³-hybridized carbons (Fsp3) is 0.462. The lowest BCUT2D eigenvalue weighted by Gasteiger charge is -2.11. The van der Waals surface area contributed by atoms with Gasteiger partial charge in [0.15, 0.2) is 0 Å². The van der Waals surface area contributed by atoms with Crippen molar-refractivity contribution in [3.05, 3.63) is 48.5 Å². The number of carbonyl (C=O) groups is 2. The van der Waals surface area contributed by atoms with Gasteiger partial charge in [-0.3, -0.25) is 9.59 Å². The summed E-state index contributed by atoms with van der Waals surface area (Å²) in [6.07, 6.45) is 9.18. The Balaban J connectivity index is 1.47. The lowest BCUT2D eigenvalue weighted by Crippen LogP contribution is -2.08. The van der Waals surface area contributed by atoms with Crippen molar-refractivity contribution in [2.45, 2.75) is 65.2 Å². The SMILES string of the molecule is CC(=O)Nc1ccccc1OCCCCCCCCCCOc1ccccc1NC(C)=O. The molecule has 0 aliphatic heterocycles. The quantitative estimate of drug-likeness (QED) is 0.324. The average Bonchev–Trinajstić information content (AvgIpc) is 2.76. The summed E-state index contributed by atoms with van der Waals surface area (Å²) in [6.45, 7) is 4.32. The van der Waals surface area contributed by atoms with E-state index in [-0.39, 0.29) is 11.8 Å². The zero-order valence-corrected chi connectivity index (χ0v) is 19.3. The van der Waals surface area contributed by atoms with E-state index in [0.717, 1.165) is 48.6 Å². The molecule has 2 rings (SSSR count). The molecule has 0 aliphatic rings. The van der Waals surface area contributed by atoms with Crippen molar-refractivity contribution >= 4 is 23.2 Å². The molecule has 32 heavy (non-hydrogen) atoms. The zero-order chi connectivity index (χ0) is 23.0. The Labute approximate surface area is 191 Å². The number of hydrogen-bond acceptors (Lipinski definition) is 4. The number of nitrogens with one attached hydrogen (secondary N) is 2. The first-order valence-electron chi connectivity index (χ1n) is 11.5. The number of para-hydroxylation sites is 4. The number of rotatable bonds is 15. The maximum absolute atomic E-state index is 11.3. The number of benzene rings is 2. The summed E-state index contributed by atoms with van der Waals surface area (Å²) < 4.78 is 11.6. The van der Waals surface area contributed by atoms with Gasteiger partial charge in [0.05, 0.1) is 24.6 Å². The number of amides is 2. The van der Waals surface area contributed by atoms with Gasteiger partial charge in [-0.1, -0.05) is 62.8 Å². The van der Waals surface area contributed by atoms with Gasteiger partial charge >= 0.3 is 0 Å². The molecule has 0 saturated carbocycles. The van der Waals surface area contributed by atoms with Crippen molar-refractivity contribution in [2.24, 2.45) is 0 Å². The number of unbranched alkanes of at least 4 members (excludes halogenated alkanes) is 7. The Morgan fingerprint density at radius 1 is 0.594 bits per heavy atom. The summed E-state index contributed by atoms with van der Waals surface area (Å²) in [5.41, 5.74) is 1.45. The predicted octanol–water partition coefficient (Wildman–Crippen LogP) is 6.18. The van der Waals surface area contributed by atoms with Crippen LogP contribution in [0.1, 0.15) is 65.2 Å². The molecule has 174 valence electrons. The van der Waals surface area contributed by atoms with E-state index in [2.05, 4.69) is 10.6 Å². The third kappa shape index (κ3) is 10.3. The maximum Gasteiger partial charge on any atom is 0.221 e. The first kappa shape index (κ1) is 25.2. The van der Waals surface area contributed by atoms with E-state index < -0.39 is 0 Å². The van der Waals surface area contributed by atoms with E-state index in [4.69, 9.17) is 9.47 Å². The highest BCUT2D eigenvalue weighted by Gasteiger charge is 2.05. The van der Waals surface area contributed by atoms with Crippen LogP contribution >= 0.6 is 0 Å². The lowest BCUT2D eigenvalue weighted by atomic mass is 10.1. The molecule has 0 saturated heterocycles. The van der Waals surface area contributed by atoms with Crippen molar-refractivity contribution in [3.63, 3.8) is 0 Å². The molecule has 0 aromatic heterocycles. The van der Waals surface area contributed by atoms with Crippen molar-refractivity contribution in [2.75, 3.05) is 23.8 Å². The second-order valence-electron chi connectivity index (χ2n) is 7.88. The minimum Gasteiger partial charge on any atom is -0.491 e. The van der Waals surface area contributed by atoms with Gasteiger partial charge in [-0.15, -0.1) is 0 Å². The van der Waals surface area contributed by atoms with E-state index in [0.29, 0.717) is 13.2 Å². The lowest BCUT2D eigenvalue weighted by molar-refractivity contribution is -0.115. The van der Waals surface area contributed by atoms with Gasteiger partial charge in [0.2, 0.25) is 11.8 Å². The van der Waals surface area contributed by atoms with Gasteiger partial charge in [-0.2, -0.15) is 0 Å². The third-order valence-electron chi connectivity index (χ3n) is 4.95. The first-order valence-corrected chi connectivity index (χ1v) is 11.5. The van der Waals surface area contributed by atoms with Gasteiger partial charge in [0.25, 0.3) is 0 Å². The third-order valence-corrected chi connectivity index (χ3v) is 4.95. The van der Waals surface area contributed by atoms with Gasteiger partial charge in [0, 0.05) is 13.8 Å². The molecular formula is C26H36N2O4. The molecule has 0 bridgehead atoms. The minimum atomic E-state index is -0.0950. The predicted molar refractivity (Wildman–Crippen MR) is 129 cm³/mol. The number of ether oxygens (including phenoxy) is 2. The molecule has 2 amide bonds. The Morgan fingerprint density at radius 2 is 0.938 bits per heavy atom. The minimum absolute atomic E-state index is 0.0950. The van der Waals surface area contributed by atoms with E-state index in [9.17, 15) is 9.59 Å². The number of carbonyl (C=O) groups excluding carboxylic acids is 2. The van der Waals surface area contributed by atoms with Crippen molar-refractivity contribution in [1.29, 1.82) is 0 Å². The Morgan fingerprint density at radius 3 is 1.31 bits per heavy atom. The van der Waals surface area contributed by atoms with Gasteiger partial charge < -0.3 is 20.1 Å². The van der Waals surface area contributed by atoms with E-state index in [1.807, 2.05) is 48.5 Å². The molecule has 0 aliphatic carbocycles. The van der Waals surface area contributed by atoms with E-state index in [1.54, 1.807) is 0 Å². The van der Waals surface area contributed by atoms with Crippen LogP contribution in [-0.4, -0.2) is 25.0 Å². The molecule has 2 N–H and O–H groups in total. The van der Waals surface area contributed by atoms with E-state index in [1.165, 1.54) is 39.5 Å². The fourth-order valence-corrected chi connectivity index (χ4v) is 3.40. The molecule has 0 fully saturated rings. The molecule has 2 aromatic carbocycles. The van der Waals surface area contributed by atoms with Crippen molar-refractivity contribution in [3.8, 4) is 11.5 Å². The van der Waals surface area contributed by atoms with Crippen LogP contribution in [0.2, 0.25) is 0 Å². The Bertz CT molecular complexity index is 769. The van der Waals surface area contributed by atoms with Crippen molar-refractivity contribution < 1.29 is 19.1 Å². The summed E-state index contributed by atoms with van der Waals surface area (Å²) in [5, 5.41) is 5.59. The van der Waals surface area contributed by atoms with Crippen LogP contribution in [0.15, 0.2) is 48.5 Å². The maximum atomic E-state index is 11.3. The fourth-order valence-electron chi connectivity index (χ4n) is 3.40. The summed E-state index contributed by atoms with van der Waals surface area (Å²) in [5.74, 6) is 1.26. The van der Waals surface area contributed by atoms with Crippen LogP contribution in [-0.2, 0) is 9.59 Å². The molecule has 6 nitrogen and oxygen atoms in total. The van der Waals surface area contributed by atoms with Crippen molar-refractivity contribution in [1.82, 2.24) is 0 Å². The monoisotopic (exact) mass is 440 g/mol. The van der Waals surface area contributed by atoms with Crippen LogP contribution in [0.25, 0.3) is 0 Å². The zero-order valence-electron chi connectivity index (χ0n) is 19.3. The first-order chi connectivity index (χ1) is 15.6. The largest absolute Gasteiger partial charge is 0.491 e. The van der Waals surface area contributed by atoms with Crippen LogP contribution in [0, 0.1) is 0 Å². The van der Waals surface area contributed by atoms with E-state index >= 15 is 0 Å². The van der Waals surface area contributed by atoms with Crippen LogP contribution in [0.3, 0.4) is 0 Å². The van der Waals surface area contributed by atoms with Crippen LogP contribution in [0.5, 0.6) is 11.5 Å². The topological polar surface area (TPSA) is 76.7 Å².